The van der Waals surface area contributed by atoms with Crippen LogP contribution in [0.15, 0.2) is 77.8 Å². The van der Waals surface area contributed by atoms with Gasteiger partial charge in [0.05, 0.1) is 22.9 Å². The van der Waals surface area contributed by atoms with E-state index in [1.54, 1.807) is 24.3 Å². The van der Waals surface area contributed by atoms with Crippen molar-refractivity contribution in [3.8, 4) is 5.75 Å². The van der Waals surface area contributed by atoms with Crippen molar-refractivity contribution in [3.63, 3.8) is 0 Å². The lowest BCUT2D eigenvalue weighted by Crippen LogP contribution is -2.14. The molecule has 146 valence electrons. The second-order valence-corrected chi connectivity index (χ2v) is 8.23. The fourth-order valence-corrected chi connectivity index (χ4v) is 3.66. The molecule has 7 heteroatoms. The molecule has 0 aliphatic heterocycles. The molecule has 1 heterocycles. The highest BCUT2D eigenvalue weighted by Crippen LogP contribution is 2.24. The molecule has 3 aromatic rings. The summed E-state index contributed by atoms with van der Waals surface area (Å²) < 4.78 is 33.3. The third-order valence-electron chi connectivity index (χ3n) is 3.99. The third-order valence-corrected chi connectivity index (χ3v) is 5.39. The summed E-state index contributed by atoms with van der Waals surface area (Å²) in [6.45, 7) is 3.83. The maximum absolute atomic E-state index is 12.6. The quantitative estimate of drug-likeness (QED) is 0.638. The Morgan fingerprint density at radius 2 is 1.64 bits per heavy atom. The summed E-state index contributed by atoms with van der Waals surface area (Å²) in [6, 6.07) is 19.6. The average Bonchev–Trinajstić information content (AvgIpc) is 2.68. The number of para-hydroxylation sites is 1. The molecule has 28 heavy (non-hydrogen) atoms. The van der Waals surface area contributed by atoms with Crippen LogP contribution in [-0.2, 0) is 10.0 Å². The van der Waals surface area contributed by atoms with Gasteiger partial charge in [0.25, 0.3) is 10.0 Å². The zero-order chi connectivity index (χ0) is 20.1. The van der Waals surface area contributed by atoms with Crippen LogP contribution >= 0.6 is 0 Å². The van der Waals surface area contributed by atoms with E-state index in [2.05, 4.69) is 9.71 Å². The zero-order valence-electron chi connectivity index (χ0n) is 16.0. The van der Waals surface area contributed by atoms with Crippen molar-refractivity contribution in [3.05, 3.63) is 72.9 Å². The SMILES string of the molecule is CC(C)Oc1ccc(S(=O)(=O)Nc2ccc(N(C)c3ccccc3)nc2)cc1. The van der Waals surface area contributed by atoms with Crippen LogP contribution in [0.4, 0.5) is 17.2 Å². The van der Waals surface area contributed by atoms with Crippen molar-refractivity contribution in [2.45, 2.75) is 24.8 Å². The lowest BCUT2D eigenvalue weighted by atomic mass is 10.3. The van der Waals surface area contributed by atoms with Crippen LogP contribution in [-0.4, -0.2) is 26.6 Å². The Labute approximate surface area is 165 Å². The molecule has 6 nitrogen and oxygen atoms in total. The Balaban J connectivity index is 1.72. The van der Waals surface area contributed by atoms with E-state index in [4.69, 9.17) is 4.74 Å². The molecule has 1 aromatic heterocycles. The molecule has 0 bridgehead atoms. The molecule has 0 unspecified atom stereocenters. The van der Waals surface area contributed by atoms with Gasteiger partial charge in [0.1, 0.15) is 11.6 Å². The van der Waals surface area contributed by atoms with Gasteiger partial charge in [-0.1, -0.05) is 18.2 Å². The van der Waals surface area contributed by atoms with E-state index in [0.717, 1.165) is 5.69 Å². The first-order chi connectivity index (χ1) is 13.3. The van der Waals surface area contributed by atoms with Crippen molar-refractivity contribution in [2.24, 2.45) is 0 Å². The van der Waals surface area contributed by atoms with Crippen LogP contribution in [0.2, 0.25) is 0 Å². The highest BCUT2D eigenvalue weighted by molar-refractivity contribution is 7.92. The van der Waals surface area contributed by atoms with Crippen molar-refractivity contribution in [1.82, 2.24) is 4.98 Å². The van der Waals surface area contributed by atoms with E-state index in [1.165, 1.54) is 18.3 Å². The summed E-state index contributed by atoms with van der Waals surface area (Å²) in [5.41, 5.74) is 1.39. The number of aromatic nitrogens is 1. The number of ether oxygens (including phenoxy) is 1. The van der Waals surface area contributed by atoms with Crippen LogP contribution in [0.5, 0.6) is 5.75 Å². The first-order valence-electron chi connectivity index (χ1n) is 8.89. The van der Waals surface area contributed by atoms with Crippen LogP contribution in [0.1, 0.15) is 13.8 Å². The Morgan fingerprint density at radius 1 is 0.964 bits per heavy atom. The number of nitrogens with zero attached hydrogens (tertiary/aromatic N) is 2. The van der Waals surface area contributed by atoms with Crippen LogP contribution in [0.3, 0.4) is 0 Å². The maximum atomic E-state index is 12.6. The van der Waals surface area contributed by atoms with Crippen molar-refractivity contribution < 1.29 is 13.2 Å². The van der Waals surface area contributed by atoms with Gasteiger partial charge in [-0.2, -0.15) is 0 Å². The highest BCUT2D eigenvalue weighted by atomic mass is 32.2. The lowest BCUT2D eigenvalue weighted by molar-refractivity contribution is 0.242. The number of hydrogen-bond acceptors (Lipinski definition) is 5. The Kier molecular flexibility index (Phi) is 5.84. The number of pyridine rings is 1. The third kappa shape index (κ3) is 4.80. The fraction of sp³-hybridized carbons (Fsp3) is 0.190. The topological polar surface area (TPSA) is 71.5 Å². The number of benzene rings is 2. The van der Waals surface area contributed by atoms with Crippen molar-refractivity contribution >= 4 is 27.2 Å². The van der Waals surface area contributed by atoms with Gasteiger partial charge in [0.15, 0.2) is 0 Å². The van der Waals surface area contributed by atoms with Gasteiger partial charge < -0.3 is 9.64 Å². The standard InChI is InChI=1S/C21H23N3O3S/c1-16(2)27-19-10-12-20(13-11-19)28(25,26)23-17-9-14-21(22-15-17)24(3)18-7-5-4-6-8-18/h4-16,23H,1-3H3. The van der Waals surface area contributed by atoms with E-state index in [9.17, 15) is 8.42 Å². The molecule has 2 aromatic carbocycles. The average molecular weight is 398 g/mol. The monoisotopic (exact) mass is 397 g/mol. The highest BCUT2D eigenvalue weighted by Gasteiger charge is 2.15. The minimum atomic E-state index is -3.70. The summed E-state index contributed by atoms with van der Waals surface area (Å²) in [6.07, 6.45) is 1.53. The minimum Gasteiger partial charge on any atom is -0.491 e. The van der Waals surface area contributed by atoms with Crippen LogP contribution in [0.25, 0.3) is 0 Å². The number of nitrogens with one attached hydrogen (secondary N) is 1. The first kappa shape index (κ1) is 19.7. The van der Waals surface area contributed by atoms with Gasteiger partial charge in [-0.05, 0) is 62.4 Å². The molecule has 0 amide bonds. The van der Waals surface area contributed by atoms with Gasteiger partial charge in [-0.15, -0.1) is 0 Å². The first-order valence-corrected chi connectivity index (χ1v) is 10.4. The van der Waals surface area contributed by atoms with Crippen LogP contribution in [0, 0.1) is 0 Å². The molecule has 0 saturated heterocycles. The van der Waals surface area contributed by atoms with E-state index in [0.29, 0.717) is 17.3 Å². The Bertz CT molecular complexity index is 1000. The zero-order valence-corrected chi connectivity index (χ0v) is 16.8. The number of anilines is 3. The Morgan fingerprint density at radius 3 is 2.21 bits per heavy atom. The summed E-state index contributed by atoms with van der Waals surface area (Å²) in [7, 11) is -1.80. The van der Waals surface area contributed by atoms with Crippen molar-refractivity contribution in [1.29, 1.82) is 0 Å². The summed E-state index contributed by atoms with van der Waals surface area (Å²) in [5.74, 6) is 1.34. The van der Waals surface area contributed by atoms with E-state index in [1.807, 2.05) is 56.1 Å². The number of hydrogen-bond donors (Lipinski definition) is 1. The minimum absolute atomic E-state index is 0.0270. The van der Waals surface area contributed by atoms with Gasteiger partial charge in [-0.3, -0.25) is 4.72 Å². The Hall–Kier alpha value is -3.06. The second kappa shape index (κ2) is 8.31. The van der Waals surface area contributed by atoms with Crippen molar-refractivity contribution in [2.75, 3.05) is 16.7 Å². The second-order valence-electron chi connectivity index (χ2n) is 6.54. The number of rotatable bonds is 7. The fourth-order valence-electron chi connectivity index (χ4n) is 2.61. The molecule has 3 rings (SSSR count). The summed E-state index contributed by atoms with van der Waals surface area (Å²) >= 11 is 0. The molecule has 1 N–H and O–H groups in total. The largest absolute Gasteiger partial charge is 0.491 e. The van der Waals surface area contributed by atoms with Crippen LogP contribution < -0.4 is 14.4 Å². The summed E-state index contributed by atoms with van der Waals surface area (Å²) in [5, 5.41) is 0. The maximum Gasteiger partial charge on any atom is 0.261 e. The molecule has 0 aliphatic rings. The normalized spacial score (nSPS) is 11.3. The van der Waals surface area contributed by atoms with Gasteiger partial charge in [-0.25, -0.2) is 13.4 Å². The van der Waals surface area contributed by atoms with E-state index < -0.39 is 10.0 Å². The smallest absolute Gasteiger partial charge is 0.261 e. The molecule has 0 spiro atoms. The molecular formula is C21H23N3O3S. The molecular weight excluding hydrogens is 374 g/mol. The molecule has 0 atom stereocenters. The van der Waals surface area contributed by atoms with Gasteiger partial charge >= 0.3 is 0 Å². The lowest BCUT2D eigenvalue weighted by Gasteiger charge is -2.18. The number of sulfonamides is 1. The molecule has 0 saturated carbocycles. The predicted molar refractivity (Wildman–Crippen MR) is 112 cm³/mol. The van der Waals surface area contributed by atoms with Gasteiger partial charge in [0.2, 0.25) is 0 Å². The van der Waals surface area contributed by atoms with Gasteiger partial charge in [0, 0.05) is 12.7 Å². The van der Waals surface area contributed by atoms with E-state index in [-0.39, 0.29) is 11.0 Å². The molecule has 0 aliphatic carbocycles. The van der Waals surface area contributed by atoms with E-state index >= 15 is 0 Å². The molecule has 0 radical (unpaired) electrons. The molecule has 0 fully saturated rings. The summed E-state index contributed by atoms with van der Waals surface area (Å²) in [4.78, 5) is 6.44. The predicted octanol–water partition coefficient (Wildman–Crippen LogP) is 4.44.